The van der Waals surface area contributed by atoms with E-state index >= 15 is 0 Å². The van der Waals surface area contributed by atoms with Crippen LogP contribution in [0.3, 0.4) is 0 Å². The fraction of sp³-hybridized carbons (Fsp3) is 0.278. The van der Waals surface area contributed by atoms with Gasteiger partial charge in [-0.05, 0) is 30.3 Å². The molecule has 2 aromatic carbocycles. The highest BCUT2D eigenvalue weighted by molar-refractivity contribution is 8.00. The van der Waals surface area contributed by atoms with Gasteiger partial charge in [0.2, 0.25) is 5.91 Å². The third-order valence-corrected chi connectivity index (χ3v) is 5.27. The summed E-state index contributed by atoms with van der Waals surface area (Å²) in [6.45, 7) is 2.32. The zero-order chi connectivity index (χ0) is 19.2. The quantitative estimate of drug-likeness (QED) is 0.445. The van der Waals surface area contributed by atoms with Crippen LogP contribution in [0.4, 0.5) is 17.1 Å². The van der Waals surface area contributed by atoms with Gasteiger partial charge in [-0.15, -0.1) is 11.8 Å². The number of halogens is 1. The molecule has 0 aliphatic carbocycles. The Balaban J connectivity index is 1.71. The number of benzene rings is 2. The normalized spacial score (nSPS) is 14.0. The van der Waals surface area contributed by atoms with Crippen molar-refractivity contribution in [2.45, 2.75) is 4.90 Å². The summed E-state index contributed by atoms with van der Waals surface area (Å²) in [6, 6.07) is 11.7. The summed E-state index contributed by atoms with van der Waals surface area (Å²) < 4.78 is 5.34. The SMILES string of the molecule is O=C(CSc1ccc(Cl)cc1)Nc1ccc([N+](=O)[O-])cc1N1CCOCC1. The molecule has 0 radical (unpaired) electrons. The number of nitrogens with one attached hydrogen (secondary N) is 1. The fourth-order valence-corrected chi connectivity index (χ4v) is 3.50. The number of ether oxygens (including phenoxy) is 1. The second kappa shape index (κ2) is 9.07. The molecule has 9 heteroatoms. The minimum atomic E-state index is -0.439. The molecule has 1 aliphatic heterocycles. The number of nitro groups is 1. The Morgan fingerprint density at radius 2 is 1.93 bits per heavy atom. The number of hydrogen-bond donors (Lipinski definition) is 1. The summed E-state index contributed by atoms with van der Waals surface area (Å²) in [5, 5.41) is 14.6. The summed E-state index contributed by atoms with van der Waals surface area (Å²) >= 11 is 7.25. The predicted octanol–water partition coefficient (Wildman–Crippen LogP) is 3.82. The summed E-state index contributed by atoms with van der Waals surface area (Å²) in [5.41, 5.74) is 1.19. The third-order valence-electron chi connectivity index (χ3n) is 4.00. The van der Waals surface area contributed by atoms with Gasteiger partial charge >= 0.3 is 0 Å². The van der Waals surface area contributed by atoms with Crippen LogP contribution < -0.4 is 10.2 Å². The van der Waals surface area contributed by atoms with Crippen LogP contribution in [0.5, 0.6) is 0 Å². The zero-order valence-electron chi connectivity index (χ0n) is 14.4. The van der Waals surface area contributed by atoms with Crippen LogP contribution >= 0.6 is 23.4 Å². The number of non-ortho nitro benzene ring substituents is 1. The van der Waals surface area contributed by atoms with Crippen molar-refractivity contribution < 1.29 is 14.5 Å². The molecule has 0 unspecified atom stereocenters. The third kappa shape index (κ3) is 5.35. The number of nitrogens with zero attached hydrogens (tertiary/aromatic N) is 2. The first-order valence-corrected chi connectivity index (χ1v) is 9.68. The van der Waals surface area contributed by atoms with Gasteiger partial charge in [0, 0.05) is 35.1 Å². The maximum absolute atomic E-state index is 12.4. The van der Waals surface area contributed by atoms with Crippen LogP contribution in [0.25, 0.3) is 0 Å². The molecule has 1 N–H and O–H groups in total. The van der Waals surface area contributed by atoms with Crippen LogP contribution in [0.2, 0.25) is 5.02 Å². The largest absolute Gasteiger partial charge is 0.378 e. The Kier molecular flexibility index (Phi) is 6.54. The molecule has 1 fully saturated rings. The van der Waals surface area contributed by atoms with Crippen LogP contribution in [0, 0.1) is 10.1 Å². The van der Waals surface area contributed by atoms with Crippen molar-refractivity contribution in [3.8, 4) is 0 Å². The molecule has 0 bridgehead atoms. The number of morpholine rings is 1. The Morgan fingerprint density at radius 3 is 2.59 bits per heavy atom. The molecule has 0 aromatic heterocycles. The molecule has 2 aromatic rings. The van der Waals surface area contributed by atoms with Crippen molar-refractivity contribution in [2.75, 3.05) is 42.3 Å². The van der Waals surface area contributed by atoms with Crippen LogP contribution in [0.15, 0.2) is 47.4 Å². The van der Waals surface area contributed by atoms with Gasteiger partial charge in [0.1, 0.15) is 0 Å². The minimum absolute atomic E-state index is 0.00923. The van der Waals surface area contributed by atoms with Crippen LogP contribution in [0.1, 0.15) is 0 Å². The summed E-state index contributed by atoms with van der Waals surface area (Å²) in [4.78, 5) is 26.0. The van der Waals surface area contributed by atoms with Gasteiger partial charge in [-0.3, -0.25) is 14.9 Å². The van der Waals surface area contributed by atoms with E-state index in [0.717, 1.165) is 4.90 Å². The highest BCUT2D eigenvalue weighted by atomic mass is 35.5. The molecule has 1 saturated heterocycles. The average Bonchev–Trinajstić information content (AvgIpc) is 2.68. The molecular formula is C18H18ClN3O4S. The number of carbonyl (C=O) groups excluding carboxylic acids is 1. The predicted molar refractivity (Wildman–Crippen MR) is 107 cm³/mol. The highest BCUT2D eigenvalue weighted by Crippen LogP contribution is 2.31. The average molecular weight is 408 g/mol. The molecule has 142 valence electrons. The zero-order valence-corrected chi connectivity index (χ0v) is 16.0. The van der Waals surface area contributed by atoms with E-state index in [1.54, 1.807) is 18.2 Å². The summed E-state index contributed by atoms with van der Waals surface area (Å²) in [7, 11) is 0. The van der Waals surface area contributed by atoms with Gasteiger partial charge in [0.05, 0.1) is 35.3 Å². The van der Waals surface area contributed by atoms with Crippen molar-refractivity contribution in [1.29, 1.82) is 0 Å². The first kappa shape index (κ1) is 19.5. The second-order valence-corrected chi connectivity index (χ2v) is 7.33. The standard InChI is InChI=1S/C18H18ClN3O4S/c19-13-1-4-15(5-2-13)27-12-18(23)20-16-6-3-14(22(24)25)11-17(16)21-7-9-26-10-8-21/h1-6,11H,7-10,12H2,(H,20,23). The van der Waals surface area contributed by atoms with Crippen molar-refractivity contribution in [3.63, 3.8) is 0 Å². The molecular weight excluding hydrogens is 390 g/mol. The number of rotatable bonds is 6. The fourth-order valence-electron chi connectivity index (χ4n) is 2.67. The van der Waals surface area contributed by atoms with Crippen molar-refractivity contribution in [1.82, 2.24) is 0 Å². The van der Waals surface area contributed by atoms with Gasteiger partial charge in [-0.2, -0.15) is 0 Å². The Labute approximate surface area is 165 Å². The molecule has 1 amide bonds. The first-order chi connectivity index (χ1) is 13.0. The lowest BCUT2D eigenvalue weighted by Gasteiger charge is -2.30. The summed E-state index contributed by atoms with van der Waals surface area (Å²) in [6.07, 6.45) is 0. The molecule has 3 rings (SSSR count). The number of carbonyl (C=O) groups is 1. The smallest absolute Gasteiger partial charge is 0.271 e. The molecule has 0 saturated carbocycles. The highest BCUT2D eigenvalue weighted by Gasteiger charge is 2.19. The van der Waals surface area contributed by atoms with Crippen LogP contribution in [-0.4, -0.2) is 42.9 Å². The number of anilines is 2. The maximum atomic E-state index is 12.4. The molecule has 0 atom stereocenters. The topological polar surface area (TPSA) is 84.7 Å². The van der Waals surface area contributed by atoms with E-state index in [-0.39, 0.29) is 17.3 Å². The van der Waals surface area contributed by atoms with E-state index in [2.05, 4.69) is 5.32 Å². The van der Waals surface area contributed by atoms with E-state index < -0.39 is 4.92 Å². The van der Waals surface area contributed by atoms with E-state index in [9.17, 15) is 14.9 Å². The number of thioether (sulfide) groups is 1. The first-order valence-electron chi connectivity index (χ1n) is 8.32. The summed E-state index contributed by atoms with van der Waals surface area (Å²) in [5.74, 6) is 0.0413. The lowest BCUT2D eigenvalue weighted by molar-refractivity contribution is -0.384. The molecule has 0 spiro atoms. The Hall–Kier alpha value is -2.29. The second-order valence-electron chi connectivity index (χ2n) is 5.85. The van der Waals surface area contributed by atoms with E-state index in [4.69, 9.17) is 16.3 Å². The molecule has 7 nitrogen and oxygen atoms in total. The van der Waals surface area contributed by atoms with Gasteiger partial charge in [-0.25, -0.2) is 0 Å². The minimum Gasteiger partial charge on any atom is -0.378 e. The lowest BCUT2D eigenvalue weighted by atomic mass is 10.2. The monoisotopic (exact) mass is 407 g/mol. The van der Waals surface area contributed by atoms with E-state index in [1.807, 2.05) is 17.0 Å². The Bertz CT molecular complexity index is 826. The van der Waals surface area contributed by atoms with Gasteiger partial charge in [0.15, 0.2) is 0 Å². The van der Waals surface area contributed by atoms with E-state index in [1.165, 1.54) is 23.9 Å². The van der Waals surface area contributed by atoms with Gasteiger partial charge in [-0.1, -0.05) is 11.6 Å². The van der Waals surface area contributed by atoms with E-state index in [0.29, 0.717) is 42.7 Å². The number of hydrogen-bond acceptors (Lipinski definition) is 6. The van der Waals surface area contributed by atoms with Crippen molar-refractivity contribution in [2.24, 2.45) is 0 Å². The maximum Gasteiger partial charge on any atom is 0.271 e. The number of nitro benzene ring substituents is 1. The van der Waals surface area contributed by atoms with Crippen molar-refractivity contribution >= 4 is 46.3 Å². The van der Waals surface area contributed by atoms with Gasteiger partial charge < -0.3 is 15.0 Å². The number of amides is 1. The molecule has 1 heterocycles. The van der Waals surface area contributed by atoms with Crippen molar-refractivity contribution in [3.05, 3.63) is 57.6 Å². The van der Waals surface area contributed by atoms with Crippen LogP contribution in [-0.2, 0) is 9.53 Å². The lowest BCUT2D eigenvalue weighted by Crippen LogP contribution is -2.36. The van der Waals surface area contributed by atoms with Gasteiger partial charge in [0.25, 0.3) is 5.69 Å². The Morgan fingerprint density at radius 1 is 1.22 bits per heavy atom. The molecule has 27 heavy (non-hydrogen) atoms. The molecule has 1 aliphatic rings.